The smallest absolute Gasteiger partial charge is 0.308 e. The van der Waals surface area contributed by atoms with E-state index in [1.807, 2.05) is 0 Å². The minimum absolute atomic E-state index is 0.0192. The van der Waals surface area contributed by atoms with Crippen LogP contribution < -0.4 is 0 Å². The molecule has 0 rings (SSSR count). The second kappa shape index (κ2) is 7.41. The molecule has 0 bridgehead atoms. The first-order valence-electron chi connectivity index (χ1n) is 6.35. The highest BCUT2D eigenvalue weighted by atomic mass is 35.5. The molecule has 112 valence electrons. The van der Waals surface area contributed by atoms with Crippen molar-refractivity contribution in [3.05, 3.63) is 0 Å². The van der Waals surface area contributed by atoms with Crippen LogP contribution in [0, 0.1) is 0 Å². The molecular weight excluding hydrogens is 284 g/mol. The highest BCUT2D eigenvalue weighted by Gasteiger charge is 2.39. The Labute approximate surface area is 121 Å². The molecule has 1 atom stereocenters. The van der Waals surface area contributed by atoms with Crippen molar-refractivity contribution in [2.24, 2.45) is 0 Å². The average Bonchev–Trinajstić information content (AvgIpc) is 2.26. The number of hydrogen-bond acceptors (Lipinski definition) is 4. The van der Waals surface area contributed by atoms with E-state index in [4.69, 9.17) is 16.0 Å². The molecule has 0 amide bonds. The summed E-state index contributed by atoms with van der Waals surface area (Å²) in [6.45, 7) is 10.5. The molecular formula is C13H25ClO4Si. The molecule has 0 fully saturated rings. The van der Waals surface area contributed by atoms with E-state index < -0.39 is 14.4 Å². The lowest BCUT2D eigenvalue weighted by molar-refractivity contribution is -0.142. The summed E-state index contributed by atoms with van der Waals surface area (Å²) in [7, 11) is -0.702. The van der Waals surface area contributed by atoms with E-state index in [0.29, 0.717) is 0 Å². The van der Waals surface area contributed by atoms with Gasteiger partial charge in [-0.1, -0.05) is 20.8 Å². The fraction of sp³-hybridized carbons (Fsp3) is 0.846. The zero-order valence-electron chi connectivity index (χ0n) is 12.7. The molecule has 6 heteroatoms. The third kappa shape index (κ3) is 6.54. The maximum Gasteiger partial charge on any atom is 0.308 e. The van der Waals surface area contributed by atoms with Gasteiger partial charge in [0.15, 0.2) is 8.32 Å². The normalized spacial score (nSPS) is 14.1. The minimum Gasteiger partial charge on any atom is -0.469 e. The average molecular weight is 309 g/mol. The summed E-state index contributed by atoms with van der Waals surface area (Å²) in [5.74, 6) is -0.543. The Morgan fingerprint density at radius 1 is 1.21 bits per heavy atom. The van der Waals surface area contributed by atoms with Gasteiger partial charge in [-0.25, -0.2) is 0 Å². The number of methoxy groups -OCH3 is 1. The molecule has 4 nitrogen and oxygen atoms in total. The number of hydrogen-bond donors (Lipinski definition) is 0. The van der Waals surface area contributed by atoms with Crippen LogP contribution >= 0.6 is 11.6 Å². The summed E-state index contributed by atoms with van der Waals surface area (Å²) in [6.07, 6.45) is -0.198. The lowest BCUT2D eigenvalue weighted by atomic mass is 10.1. The summed E-state index contributed by atoms with van der Waals surface area (Å²) in [5, 5.41) is 0.0192. The zero-order valence-corrected chi connectivity index (χ0v) is 14.5. The molecule has 0 aromatic rings. The van der Waals surface area contributed by atoms with E-state index in [9.17, 15) is 9.59 Å². The van der Waals surface area contributed by atoms with E-state index in [1.165, 1.54) is 7.11 Å². The Morgan fingerprint density at radius 3 is 2.11 bits per heavy atom. The van der Waals surface area contributed by atoms with Gasteiger partial charge in [0.25, 0.3) is 0 Å². The number of esters is 1. The van der Waals surface area contributed by atoms with Crippen LogP contribution in [-0.2, 0) is 18.8 Å². The third-order valence-corrected chi connectivity index (χ3v) is 8.33. The molecule has 0 spiro atoms. The van der Waals surface area contributed by atoms with Gasteiger partial charge in [-0.15, -0.1) is 11.6 Å². The maximum absolute atomic E-state index is 11.5. The quantitative estimate of drug-likeness (QED) is 0.412. The molecule has 0 saturated carbocycles. The summed E-state index contributed by atoms with van der Waals surface area (Å²) in [4.78, 5) is 22.9. The van der Waals surface area contributed by atoms with Crippen molar-refractivity contribution in [1.82, 2.24) is 0 Å². The predicted molar refractivity (Wildman–Crippen MR) is 79.0 cm³/mol. The van der Waals surface area contributed by atoms with E-state index >= 15 is 0 Å². The van der Waals surface area contributed by atoms with E-state index in [1.54, 1.807) is 0 Å². The zero-order chi connectivity index (χ0) is 15.3. The number of halogens is 1. The minimum atomic E-state index is -2.03. The second-order valence-corrected chi connectivity index (χ2v) is 11.2. The first kappa shape index (κ1) is 18.6. The van der Waals surface area contributed by atoms with E-state index in [0.717, 1.165) is 0 Å². The van der Waals surface area contributed by atoms with Crippen LogP contribution in [-0.4, -0.2) is 39.2 Å². The largest absolute Gasteiger partial charge is 0.469 e. The highest BCUT2D eigenvalue weighted by molar-refractivity contribution is 6.74. The third-order valence-electron chi connectivity index (χ3n) is 3.49. The van der Waals surface area contributed by atoms with Crippen LogP contribution in [0.25, 0.3) is 0 Å². The number of carbonyl (C=O) groups excluding carboxylic acids is 2. The van der Waals surface area contributed by atoms with Gasteiger partial charge in [0.2, 0.25) is 0 Å². The van der Waals surface area contributed by atoms with Crippen LogP contribution in [0.15, 0.2) is 0 Å². The summed E-state index contributed by atoms with van der Waals surface area (Å²) >= 11 is 5.52. The number of carbonyl (C=O) groups is 2. The Bertz CT molecular complexity index is 305. The highest BCUT2D eigenvalue weighted by Crippen LogP contribution is 2.38. The number of rotatable bonds is 7. The van der Waals surface area contributed by atoms with Gasteiger partial charge >= 0.3 is 5.97 Å². The van der Waals surface area contributed by atoms with E-state index in [2.05, 4.69) is 38.6 Å². The Hall–Kier alpha value is -0.393. The topological polar surface area (TPSA) is 52.6 Å². The summed E-state index contributed by atoms with van der Waals surface area (Å²) in [5.41, 5.74) is 0. The molecule has 0 radical (unpaired) electrons. The molecule has 0 saturated heterocycles. The molecule has 0 N–H and O–H groups in total. The van der Waals surface area contributed by atoms with Crippen molar-refractivity contribution < 1.29 is 18.8 Å². The summed E-state index contributed by atoms with van der Waals surface area (Å²) < 4.78 is 10.8. The van der Waals surface area contributed by atoms with Crippen LogP contribution in [0.1, 0.15) is 33.6 Å². The van der Waals surface area contributed by atoms with Crippen molar-refractivity contribution in [3.63, 3.8) is 0 Å². The molecule has 19 heavy (non-hydrogen) atoms. The molecule has 0 aromatic carbocycles. The van der Waals surface area contributed by atoms with Crippen molar-refractivity contribution in [1.29, 1.82) is 0 Å². The fourth-order valence-corrected chi connectivity index (χ4v) is 2.79. The molecule has 0 aliphatic rings. The van der Waals surface area contributed by atoms with Gasteiger partial charge in [0.05, 0.1) is 25.5 Å². The number of Topliss-reactive ketones (excluding diaryl/α,β-unsaturated/α-hetero) is 1. The number of alkyl halides is 1. The van der Waals surface area contributed by atoms with Crippen molar-refractivity contribution in [3.8, 4) is 0 Å². The van der Waals surface area contributed by atoms with Gasteiger partial charge in [0.1, 0.15) is 5.78 Å². The lowest BCUT2D eigenvalue weighted by Gasteiger charge is -2.39. The Kier molecular flexibility index (Phi) is 7.25. The predicted octanol–water partition coefficient (Wildman–Crippen LogP) is 3.14. The molecule has 0 heterocycles. The number of ketones is 1. The number of ether oxygens (including phenoxy) is 1. The van der Waals surface area contributed by atoms with Gasteiger partial charge < -0.3 is 9.16 Å². The molecule has 0 aliphatic heterocycles. The molecule has 0 unspecified atom stereocenters. The van der Waals surface area contributed by atoms with Crippen molar-refractivity contribution in [2.45, 2.75) is 57.8 Å². The van der Waals surface area contributed by atoms with Crippen molar-refractivity contribution >= 4 is 31.7 Å². The Balaban J connectivity index is 4.84. The monoisotopic (exact) mass is 308 g/mol. The van der Waals surface area contributed by atoms with Crippen LogP contribution in [0.5, 0.6) is 0 Å². The SMILES string of the molecule is COC(=O)C[C@@H](CC(=O)CCl)O[Si](C)(C)C(C)(C)C. The molecule has 0 aliphatic carbocycles. The van der Waals surface area contributed by atoms with Crippen LogP contribution in [0.3, 0.4) is 0 Å². The fourth-order valence-electron chi connectivity index (χ4n) is 1.33. The Morgan fingerprint density at radius 2 is 1.74 bits per heavy atom. The van der Waals surface area contributed by atoms with Crippen LogP contribution in [0.4, 0.5) is 0 Å². The van der Waals surface area contributed by atoms with Gasteiger partial charge in [-0.3, -0.25) is 9.59 Å². The lowest BCUT2D eigenvalue weighted by Crippen LogP contribution is -2.45. The van der Waals surface area contributed by atoms with Crippen molar-refractivity contribution in [2.75, 3.05) is 13.0 Å². The maximum atomic E-state index is 11.5. The van der Waals surface area contributed by atoms with Gasteiger partial charge in [-0.05, 0) is 18.1 Å². The van der Waals surface area contributed by atoms with E-state index in [-0.39, 0.29) is 35.5 Å². The van der Waals surface area contributed by atoms with Crippen LogP contribution in [0.2, 0.25) is 18.1 Å². The molecule has 0 aromatic heterocycles. The van der Waals surface area contributed by atoms with Gasteiger partial charge in [-0.2, -0.15) is 0 Å². The second-order valence-electron chi connectivity index (χ2n) is 6.16. The first-order chi connectivity index (χ1) is 8.53. The first-order valence-corrected chi connectivity index (χ1v) is 9.80. The standard InChI is InChI=1S/C13H25ClO4Si/c1-13(2,3)19(5,6)18-11(7-10(15)9-14)8-12(16)17-4/h11H,7-9H2,1-6H3/t11-/m1/s1. The summed E-state index contributed by atoms with van der Waals surface area (Å²) in [6, 6.07) is 0. The van der Waals surface area contributed by atoms with Gasteiger partial charge in [0, 0.05) is 6.42 Å².